The van der Waals surface area contributed by atoms with E-state index in [0.29, 0.717) is 6.04 Å². The van der Waals surface area contributed by atoms with Crippen molar-refractivity contribution in [2.45, 2.75) is 25.4 Å². The van der Waals surface area contributed by atoms with Gasteiger partial charge in [0.05, 0.1) is 6.54 Å². The van der Waals surface area contributed by atoms with Crippen LogP contribution in [-0.4, -0.2) is 11.2 Å². The second-order valence-electron chi connectivity index (χ2n) is 5.13. The molecule has 0 bridgehead atoms. The average Bonchev–Trinajstić information content (AvgIpc) is 3.30. The molecule has 0 spiro atoms. The molecule has 0 amide bonds. The minimum Gasteiger partial charge on any atom is -0.360 e. The summed E-state index contributed by atoms with van der Waals surface area (Å²) < 4.78 is 0. The monoisotopic (exact) mass is 282 g/mol. The SMILES string of the molecule is S=C(NC1CC1)N(Cc1ccccc1)c1ccccc1. The highest BCUT2D eigenvalue weighted by Gasteiger charge is 2.24. The molecule has 0 aliphatic heterocycles. The van der Waals surface area contributed by atoms with Crippen molar-refractivity contribution in [1.29, 1.82) is 0 Å². The van der Waals surface area contributed by atoms with Crippen molar-refractivity contribution in [2.24, 2.45) is 0 Å². The lowest BCUT2D eigenvalue weighted by atomic mass is 10.2. The maximum absolute atomic E-state index is 5.59. The van der Waals surface area contributed by atoms with Crippen molar-refractivity contribution in [2.75, 3.05) is 4.90 Å². The number of thiocarbonyl (C=S) groups is 1. The van der Waals surface area contributed by atoms with Crippen molar-refractivity contribution in [3.63, 3.8) is 0 Å². The van der Waals surface area contributed by atoms with E-state index in [1.54, 1.807) is 0 Å². The minimum atomic E-state index is 0.574. The number of hydrogen-bond acceptors (Lipinski definition) is 1. The van der Waals surface area contributed by atoms with Crippen LogP contribution in [0.4, 0.5) is 5.69 Å². The maximum atomic E-state index is 5.59. The van der Waals surface area contributed by atoms with Gasteiger partial charge in [-0.3, -0.25) is 0 Å². The smallest absolute Gasteiger partial charge is 0.173 e. The minimum absolute atomic E-state index is 0.574. The summed E-state index contributed by atoms with van der Waals surface area (Å²) in [5.74, 6) is 0. The molecule has 2 aromatic rings. The van der Waals surface area contributed by atoms with E-state index in [2.05, 4.69) is 46.6 Å². The van der Waals surface area contributed by atoms with Crippen molar-refractivity contribution in [1.82, 2.24) is 5.32 Å². The van der Waals surface area contributed by atoms with E-state index in [1.807, 2.05) is 24.3 Å². The summed E-state index contributed by atoms with van der Waals surface area (Å²) in [6.07, 6.45) is 2.46. The van der Waals surface area contributed by atoms with E-state index in [-0.39, 0.29) is 0 Å². The van der Waals surface area contributed by atoms with E-state index >= 15 is 0 Å². The van der Waals surface area contributed by atoms with Crippen LogP contribution in [0.1, 0.15) is 18.4 Å². The third-order valence-corrected chi connectivity index (χ3v) is 3.74. The Hall–Kier alpha value is -1.87. The van der Waals surface area contributed by atoms with Crippen LogP contribution in [0.15, 0.2) is 60.7 Å². The van der Waals surface area contributed by atoms with Gasteiger partial charge in [-0.1, -0.05) is 48.5 Å². The van der Waals surface area contributed by atoms with Gasteiger partial charge < -0.3 is 10.2 Å². The molecule has 102 valence electrons. The van der Waals surface area contributed by atoms with Gasteiger partial charge in [0, 0.05) is 11.7 Å². The van der Waals surface area contributed by atoms with E-state index in [1.165, 1.54) is 18.4 Å². The molecule has 0 aromatic heterocycles. The Morgan fingerprint density at radius 1 is 1.00 bits per heavy atom. The number of anilines is 1. The van der Waals surface area contributed by atoms with Crippen LogP contribution in [0.2, 0.25) is 0 Å². The summed E-state index contributed by atoms with van der Waals surface area (Å²) in [4.78, 5) is 2.17. The summed E-state index contributed by atoms with van der Waals surface area (Å²) in [6.45, 7) is 0.795. The number of rotatable bonds is 4. The molecule has 1 fully saturated rings. The largest absolute Gasteiger partial charge is 0.360 e. The van der Waals surface area contributed by atoms with Crippen molar-refractivity contribution < 1.29 is 0 Å². The average molecular weight is 282 g/mol. The highest BCUT2D eigenvalue weighted by Crippen LogP contribution is 2.22. The molecule has 3 heteroatoms. The lowest BCUT2D eigenvalue weighted by Crippen LogP contribution is -2.40. The van der Waals surface area contributed by atoms with Crippen LogP contribution < -0.4 is 10.2 Å². The molecule has 2 nitrogen and oxygen atoms in total. The second-order valence-corrected chi connectivity index (χ2v) is 5.52. The summed E-state index contributed by atoms with van der Waals surface area (Å²) in [6, 6.07) is 21.3. The Kier molecular flexibility index (Phi) is 3.97. The second kappa shape index (κ2) is 6.06. The Bertz CT molecular complexity index is 564. The summed E-state index contributed by atoms with van der Waals surface area (Å²) in [5, 5.41) is 4.25. The van der Waals surface area contributed by atoms with Gasteiger partial charge in [-0.2, -0.15) is 0 Å². The molecular formula is C17H18N2S. The van der Waals surface area contributed by atoms with E-state index in [9.17, 15) is 0 Å². The molecular weight excluding hydrogens is 264 g/mol. The van der Waals surface area contributed by atoms with Crippen molar-refractivity contribution in [3.8, 4) is 0 Å². The highest BCUT2D eigenvalue weighted by atomic mass is 32.1. The molecule has 0 unspecified atom stereocenters. The number of hydrogen-bond donors (Lipinski definition) is 1. The van der Waals surface area contributed by atoms with Gasteiger partial charge in [0.15, 0.2) is 5.11 Å². The van der Waals surface area contributed by atoms with Gasteiger partial charge >= 0.3 is 0 Å². The molecule has 0 heterocycles. The first-order valence-electron chi connectivity index (χ1n) is 7.00. The zero-order valence-corrected chi connectivity index (χ0v) is 12.1. The van der Waals surface area contributed by atoms with Crippen LogP contribution >= 0.6 is 12.2 Å². The lowest BCUT2D eigenvalue weighted by molar-refractivity contribution is 0.873. The van der Waals surface area contributed by atoms with E-state index in [0.717, 1.165) is 17.3 Å². The molecule has 0 radical (unpaired) electrons. The third kappa shape index (κ3) is 3.36. The first kappa shape index (κ1) is 13.1. The standard InChI is InChI=1S/C17H18N2S/c20-17(18-15-11-12-15)19(16-9-5-2-6-10-16)13-14-7-3-1-4-8-14/h1-10,15H,11-13H2,(H,18,20). The first-order valence-corrected chi connectivity index (χ1v) is 7.41. The zero-order chi connectivity index (χ0) is 13.8. The molecule has 1 aliphatic carbocycles. The molecule has 2 aromatic carbocycles. The Balaban J connectivity index is 1.81. The predicted molar refractivity (Wildman–Crippen MR) is 87.8 cm³/mol. The summed E-state index contributed by atoms with van der Waals surface area (Å²) >= 11 is 5.59. The normalized spacial score (nSPS) is 13.8. The van der Waals surface area contributed by atoms with Crippen LogP contribution in [0.25, 0.3) is 0 Å². The zero-order valence-electron chi connectivity index (χ0n) is 11.3. The van der Waals surface area contributed by atoms with Crippen LogP contribution in [0.3, 0.4) is 0 Å². The van der Waals surface area contributed by atoms with Crippen LogP contribution in [-0.2, 0) is 6.54 Å². The first-order chi connectivity index (χ1) is 9.83. The summed E-state index contributed by atoms with van der Waals surface area (Å²) in [7, 11) is 0. The summed E-state index contributed by atoms with van der Waals surface area (Å²) in [5.41, 5.74) is 2.39. The third-order valence-electron chi connectivity index (χ3n) is 3.40. The van der Waals surface area contributed by atoms with Crippen molar-refractivity contribution >= 4 is 23.0 Å². The Morgan fingerprint density at radius 3 is 2.20 bits per heavy atom. The maximum Gasteiger partial charge on any atom is 0.173 e. The Morgan fingerprint density at radius 2 is 1.60 bits per heavy atom. The van der Waals surface area contributed by atoms with Gasteiger partial charge in [-0.15, -0.1) is 0 Å². The topological polar surface area (TPSA) is 15.3 Å². The molecule has 1 aliphatic rings. The molecule has 1 N–H and O–H groups in total. The van der Waals surface area contributed by atoms with Crippen LogP contribution in [0.5, 0.6) is 0 Å². The number of benzene rings is 2. The number of para-hydroxylation sites is 1. The lowest BCUT2D eigenvalue weighted by Gasteiger charge is -2.26. The van der Waals surface area contributed by atoms with Gasteiger partial charge in [-0.25, -0.2) is 0 Å². The molecule has 20 heavy (non-hydrogen) atoms. The fourth-order valence-electron chi connectivity index (χ4n) is 2.13. The quantitative estimate of drug-likeness (QED) is 0.860. The van der Waals surface area contributed by atoms with Crippen molar-refractivity contribution in [3.05, 3.63) is 66.2 Å². The molecule has 0 atom stereocenters. The Labute approximate surface area is 125 Å². The molecule has 0 saturated heterocycles. The number of nitrogens with zero attached hydrogens (tertiary/aromatic N) is 1. The molecule has 1 saturated carbocycles. The predicted octanol–water partition coefficient (Wildman–Crippen LogP) is 3.73. The van der Waals surface area contributed by atoms with Crippen LogP contribution in [0, 0.1) is 0 Å². The van der Waals surface area contributed by atoms with Gasteiger partial charge in [0.1, 0.15) is 0 Å². The van der Waals surface area contributed by atoms with E-state index in [4.69, 9.17) is 12.2 Å². The van der Waals surface area contributed by atoms with Gasteiger partial charge in [0.2, 0.25) is 0 Å². The number of nitrogens with one attached hydrogen (secondary N) is 1. The van der Waals surface area contributed by atoms with Gasteiger partial charge in [0.25, 0.3) is 0 Å². The van der Waals surface area contributed by atoms with Gasteiger partial charge in [-0.05, 0) is 42.8 Å². The fraction of sp³-hybridized carbons (Fsp3) is 0.235. The molecule has 3 rings (SSSR count). The highest BCUT2D eigenvalue weighted by molar-refractivity contribution is 7.80. The fourth-order valence-corrected chi connectivity index (χ4v) is 2.47. The van der Waals surface area contributed by atoms with E-state index < -0.39 is 0 Å².